The van der Waals surface area contributed by atoms with Crippen molar-refractivity contribution < 1.29 is 23.8 Å². The van der Waals surface area contributed by atoms with E-state index in [1.54, 1.807) is 0 Å². The molecule has 5 heteroatoms. The zero-order chi connectivity index (χ0) is 46.3. The summed E-state index contributed by atoms with van der Waals surface area (Å²) in [6.45, 7) is 7.43. The van der Waals surface area contributed by atoms with Gasteiger partial charge in [0.25, 0.3) is 0 Å². The third-order valence-electron chi connectivity index (χ3n) is 10.2. The molecule has 0 aliphatic carbocycles. The van der Waals surface area contributed by atoms with Gasteiger partial charge in [0.15, 0.2) is 6.10 Å². The summed E-state index contributed by atoms with van der Waals surface area (Å²) >= 11 is 0. The average molecular weight is 883 g/mol. The van der Waals surface area contributed by atoms with Crippen LogP contribution in [0.4, 0.5) is 0 Å². The summed E-state index contributed by atoms with van der Waals surface area (Å²) in [5, 5.41) is 0. The lowest BCUT2D eigenvalue weighted by Crippen LogP contribution is -2.30. The summed E-state index contributed by atoms with van der Waals surface area (Å²) < 4.78 is 17.3. The van der Waals surface area contributed by atoms with Crippen molar-refractivity contribution in [3.05, 3.63) is 134 Å². The lowest BCUT2D eigenvalue weighted by atomic mass is 10.1. The van der Waals surface area contributed by atoms with Gasteiger partial charge in [-0.3, -0.25) is 9.59 Å². The number of esters is 2. The Kier molecular flexibility index (Phi) is 50.1. The Balaban J connectivity index is 4.45. The van der Waals surface area contributed by atoms with Gasteiger partial charge in [0.05, 0.1) is 6.61 Å². The Hall–Kier alpha value is -3.96. The average Bonchev–Trinajstić information content (AvgIpc) is 3.30. The second kappa shape index (κ2) is 53.4. The summed E-state index contributed by atoms with van der Waals surface area (Å²) in [5.41, 5.74) is 0. The van der Waals surface area contributed by atoms with Gasteiger partial charge in [0.1, 0.15) is 6.61 Å². The van der Waals surface area contributed by atoms with Gasteiger partial charge in [-0.2, -0.15) is 0 Å². The van der Waals surface area contributed by atoms with Crippen LogP contribution < -0.4 is 0 Å². The standard InChI is InChI=1S/C59H94O5/c1-4-7-10-13-16-19-22-25-27-29-30-32-33-35-37-40-43-46-49-52-58(60)63-56-57(55-62-54-51-48-45-42-39-24-21-18-15-12-9-6-3)64-59(61)53-50-47-44-41-38-36-34-31-28-26-23-20-17-14-11-8-5-2/h7-8,10-11,15-20,25-28,30,32,34-37,41,44,57H,4-6,9,12-14,21-24,29,31,33,38-40,42-43,45-56H2,1-3H3/b10-7-,11-8-,18-15-,19-16-,20-17-,27-25-,28-26-,32-30-,36-34-,37-35-,44-41-. The molecular formula is C59H94O5. The van der Waals surface area contributed by atoms with Crippen molar-refractivity contribution in [1.29, 1.82) is 0 Å². The molecule has 0 fully saturated rings. The molecule has 5 nitrogen and oxygen atoms in total. The Morgan fingerprint density at radius 2 is 0.719 bits per heavy atom. The van der Waals surface area contributed by atoms with Gasteiger partial charge in [-0.05, 0) is 122 Å². The third kappa shape index (κ3) is 50.7. The summed E-state index contributed by atoms with van der Waals surface area (Å²) in [6.07, 6.45) is 76.1. The van der Waals surface area contributed by atoms with Gasteiger partial charge in [0.2, 0.25) is 0 Å². The molecule has 0 aromatic carbocycles. The van der Waals surface area contributed by atoms with Crippen LogP contribution in [0, 0.1) is 0 Å². The van der Waals surface area contributed by atoms with Crippen LogP contribution in [0.5, 0.6) is 0 Å². The lowest BCUT2D eigenvalue weighted by Gasteiger charge is -2.18. The van der Waals surface area contributed by atoms with Crippen LogP contribution in [0.25, 0.3) is 0 Å². The zero-order valence-electron chi connectivity index (χ0n) is 41.2. The highest BCUT2D eigenvalue weighted by atomic mass is 16.6. The van der Waals surface area contributed by atoms with Crippen molar-refractivity contribution in [2.45, 2.75) is 207 Å². The van der Waals surface area contributed by atoms with Crippen molar-refractivity contribution in [3.8, 4) is 0 Å². The Labute approximate surface area is 394 Å². The number of carbonyl (C=O) groups excluding carboxylic acids is 2. The summed E-state index contributed by atoms with van der Waals surface area (Å²) in [7, 11) is 0. The van der Waals surface area contributed by atoms with E-state index in [4.69, 9.17) is 14.2 Å². The molecule has 0 radical (unpaired) electrons. The number of hydrogen-bond acceptors (Lipinski definition) is 5. The summed E-state index contributed by atoms with van der Waals surface area (Å²) in [4.78, 5) is 25.4. The minimum absolute atomic E-state index is 0.0340. The van der Waals surface area contributed by atoms with Crippen molar-refractivity contribution in [2.75, 3.05) is 19.8 Å². The Morgan fingerprint density at radius 1 is 0.359 bits per heavy atom. The van der Waals surface area contributed by atoms with E-state index in [0.29, 0.717) is 25.9 Å². The van der Waals surface area contributed by atoms with E-state index < -0.39 is 6.10 Å². The number of ether oxygens (including phenoxy) is 3. The van der Waals surface area contributed by atoms with Crippen molar-refractivity contribution in [3.63, 3.8) is 0 Å². The zero-order valence-corrected chi connectivity index (χ0v) is 41.2. The third-order valence-corrected chi connectivity index (χ3v) is 10.2. The van der Waals surface area contributed by atoms with Crippen molar-refractivity contribution in [2.24, 2.45) is 0 Å². The van der Waals surface area contributed by atoms with Gasteiger partial charge < -0.3 is 14.2 Å². The minimum Gasteiger partial charge on any atom is -0.462 e. The first-order chi connectivity index (χ1) is 31.6. The molecule has 0 aromatic heterocycles. The molecule has 0 amide bonds. The molecule has 1 atom stereocenters. The topological polar surface area (TPSA) is 61.8 Å². The lowest BCUT2D eigenvalue weighted by molar-refractivity contribution is -0.162. The first-order valence-electron chi connectivity index (χ1n) is 25.7. The van der Waals surface area contributed by atoms with Gasteiger partial charge in [0, 0.05) is 19.4 Å². The van der Waals surface area contributed by atoms with E-state index in [2.05, 4.69) is 154 Å². The number of allylic oxidation sites excluding steroid dienone is 22. The second-order valence-corrected chi connectivity index (χ2v) is 16.3. The normalized spacial score (nSPS) is 13.4. The van der Waals surface area contributed by atoms with Crippen molar-refractivity contribution >= 4 is 11.9 Å². The highest BCUT2D eigenvalue weighted by molar-refractivity contribution is 5.70. The Bertz CT molecular complexity index is 1370. The molecule has 0 aliphatic rings. The molecule has 0 aromatic rings. The van der Waals surface area contributed by atoms with Gasteiger partial charge >= 0.3 is 11.9 Å². The second-order valence-electron chi connectivity index (χ2n) is 16.3. The molecule has 0 heterocycles. The molecule has 0 bridgehead atoms. The van der Waals surface area contributed by atoms with Crippen LogP contribution in [-0.4, -0.2) is 37.9 Å². The molecule has 64 heavy (non-hydrogen) atoms. The summed E-state index contributed by atoms with van der Waals surface area (Å²) in [6, 6.07) is 0. The van der Waals surface area contributed by atoms with Crippen LogP contribution in [-0.2, 0) is 23.8 Å². The maximum absolute atomic E-state index is 12.8. The van der Waals surface area contributed by atoms with Crippen LogP contribution in [0.3, 0.4) is 0 Å². The van der Waals surface area contributed by atoms with E-state index in [0.717, 1.165) is 109 Å². The van der Waals surface area contributed by atoms with Crippen LogP contribution in [0.1, 0.15) is 201 Å². The van der Waals surface area contributed by atoms with Crippen LogP contribution in [0.15, 0.2) is 134 Å². The van der Waals surface area contributed by atoms with Crippen LogP contribution in [0.2, 0.25) is 0 Å². The highest BCUT2D eigenvalue weighted by Gasteiger charge is 2.17. The molecule has 1 unspecified atom stereocenters. The van der Waals surface area contributed by atoms with Gasteiger partial charge in [-0.25, -0.2) is 0 Å². The molecule has 360 valence electrons. The van der Waals surface area contributed by atoms with E-state index in [1.807, 2.05) is 0 Å². The van der Waals surface area contributed by atoms with E-state index in [9.17, 15) is 9.59 Å². The molecule has 0 spiro atoms. The number of carbonyl (C=O) groups is 2. The number of hydrogen-bond donors (Lipinski definition) is 0. The molecule has 0 N–H and O–H groups in total. The molecule has 0 rings (SSSR count). The van der Waals surface area contributed by atoms with Gasteiger partial charge in [-0.1, -0.05) is 199 Å². The number of unbranched alkanes of at least 4 members (excludes halogenated alkanes) is 12. The first kappa shape index (κ1) is 60.0. The first-order valence-corrected chi connectivity index (χ1v) is 25.7. The molecule has 0 aliphatic heterocycles. The fourth-order valence-electron chi connectivity index (χ4n) is 6.37. The maximum Gasteiger partial charge on any atom is 0.306 e. The predicted molar refractivity (Wildman–Crippen MR) is 278 cm³/mol. The molecule has 0 saturated carbocycles. The highest BCUT2D eigenvalue weighted by Crippen LogP contribution is 2.11. The van der Waals surface area contributed by atoms with Crippen molar-refractivity contribution in [1.82, 2.24) is 0 Å². The van der Waals surface area contributed by atoms with E-state index >= 15 is 0 Å². The quantitative estimate of drug-likeness (QED) is 0.0346. The Morgan fingerprint density at radius 3 is 1.19 bits per heavy atom. The van der Waals surface area contributed by atoms with E-state index in [-0.39, 0.29) is 25.2 Å². The predicted octanol–water partition coefficient (Wildman–Crippen LogP) is 17.6. The largest absolute Gasteiger partial charge is 0.462 e. The maximum atomic E-state index is 12.8. The molecular weight excluding hydrogens is 789 g/mol. The SMILES string of the molecule is CC/C=C\C/C=C\C/C=C\C/C=C\C/C=C\CCCCCC(=O)OCC(COCCCCCCCC/C=C\CCCC)OC(=O)CCC/C=C\C/C=C\C/C=C\C/C=C\C/C=C\CC. The van der Waals surface area contributed by atoms with E-state index in [1.165, 1.54) is 51.4 Å². The molecule has 0 saturated heterocycles. The van der Waals surface area contributed by atoms with Crippen LogP contribution >= 0.6 is 0 Å². The smallest absolute Gasteiger partial charge is 0.306 e. The number of rotatable bonds is 45. The fourth-order valence-corrected chi connectivity index (χ4v) is 6.37. The fraction of sp³-hybridized carbons (Fsp3) is 0.593. The minimum atomic E-state index is -0.592. The van der Waals surface area contributed by atoms with Gasteiger partial charge in [-0.15, -0.1) is 0 Å². The monoisotopic (exact) mass is 883 g/mol. The summed E-state index contributed by atoms with van der Waals surface area (Å²) in [5.74, 6) is -0.516.